The summed E-state index contributed by atoms with van der Waals surface area (Å²) in [5.41, 5.74) is -0.663. The summed E-state index contributed by atoms with van der Waals surface area (Å²) in [7, 11) is 3.35. The predicted molar refractivity (Wildman–Crippen MR) is 225 cm³/mol. The van der Waals surface area contributed by atoms with E-state index < -0.39 is 83.8 Å². The van der Waals surface area contributed by atoms with Crippen LogP contribution in [0.4, 0.5) is 0 Å². The second-order valence-electron chi connectivity index (χ2n) is 18.6. The molecule has 1 saturated carbocycles. The number of hydroxylamine groups is 2. The summed E-state index contributed by atoms with van der Waals surface area (Å²) in [6.07, 6.45) is 8.35. The van der Waals surface area contributed by atoms with Gasteiger partial charge in [-0.15, -0.1) is 0 Å². The van der Waals surface area contributed by atoms with E-state index in [9.17, 15) is 24.3 Å². The highest BCUT2D eigenvalue weighted by Crippen LogP contribution is 2.59. The zero-order chi connectivity index (χ0) is 44.1. The zero-order valence-corrected chi connectivity index (χ0v) is 37.2. The van der Waals surface area contributed by atoms with Crippen molar-refractivity contribution in [3.05, 3.63) is 41.5 Å². The number of aliphatic hydroxyl groups excluding tert-OH is 1. The number of carbonyl (C=O) groups is 5. The number of rotatable bonds is 19. The lowest BCUT2D eigenvalue weighted by Crippen LogP contribution is -2.70. The number of hydrogen-bond donors (Lipinski definition) is 2. The van der Waals surface area contributed by atoms with Gasteiger partial charge in [0, 0.05) is 52.4 Å². The topological polar surface area (TPSA) is 173 Å². The highest BCUT2D eigenvalue weighted by molar-refractivity contribution is 5.97. The summed E-state index contributed by atoms with van der Waals surface area (Å²) < 4.78 is 25.7. The molecule has 0 radical (unpaired) electrons. The van der Waals surface area contributed by atoms with Crippen LogP contribution in [0.3, 0.4) is 0 Å². The highest BCUT2D eigenvalue weighted by Gasteiger charge is 2.77. The summed E-state index contributed by atoms with van der Waals surface area (Å²) >= 11 is 0. The van der Waals surface area contributed by atoms with Crippen LogP contribution in [0.5, 0.6) is 0 Å². The molecule has 1 aliphatic carbocycles. The molecule has 338 valence electrons. The lowest BCUT2D eigenvalue weighted by Gasteiger charge is -2.50. The van der Waals surface area contributed by atoms with Crippen LogP contribution in [0.2, 0.25) is 0 Å². The van der Waals surface area contributed by atoms with E-state index in [1.165, 1.54) is 11.0 Å². The summed E-state index contributed by atoms with van der Waals surface area (Å²) in [5, 5.41) is 14.6. The Morgan fingerprint density at radius 2 is 1.72 bits per heavy atom. The second kappa shape index (κ2) is 19.7. The molecule has 61 heavy (non-hydrogen) atoms. The second-order valence-corrected chi connectivity index (χ2v) is 18.6. The average Bonchev–Trinajstić information content (AvgIpc) is 3.94. The van der Waals surface area contributed by atoms with Crippen LogP contribution >= 0.6 is 0 Å². The molecule has 4 heterocycles. The predicted octanol–water partition coefficient (Wildman–Crippen LogP) is 4.82. The zero-order valence-electron chi connectivity index (χ0n) is 37.2. The quantitative estimate of drug-likeness (QED) is 0.111. The Kier molecular flexibility index (Phi) is 15.0. The molecule has 15 nitrogen and oxygen atoms in total. The van der Waals surface area contributed by atoms with Gasteiger partial charge in [0.15, 0.2) is 11.8 Å². The standard InChI is InChI=1S/C46H68N4O11/c1-8-10-14-24-45(25-15-11-9-2)59-37-34-27-46(43(56)49-26-16-19-33(49)41(54)47-32(29-51)21-23-36(53)58-44(3,4)5)39(42(55)57-34)50(61-40(46)38(37)60-45)28-31-18-13-12-17-30(31)20-22-35(52)48(6)7/h12-13,17-18,20,22,32-34,37-40,51H,8-11,14-16,19,21,23-29H2,1-7H3,(H,47,54)/t32-,33+,34?,37-,38-,39-,40+,46?/m0/s1. The van der Waals surface area contributed by atoms with Crippen molar-refractivity contribution in [2.24, 2.45) is 5.41 Å². The van der Waals surface area contributed by atoms with Crippen LogP contribution in [-0.4, -0.2) is 131 Å². The number of nitrogens with zero attached hydrogens (tertiary/aromatic N) is 3. The first-order valence-corrected chi connectivity index (χ1v) is 22.5. The van der Waals surface area contributed by atoms with E-state index >= 15 is 4.79 Å². The molecular weight excluding hydrogens is 785 g/mol. The molecule has 6 rings (SSSR count). The maximum Gasteiger partial charge on any atom is 0.327 e. The van der Waals surface area contributed by atoms with E-state index in [1.807, 2.05) is 24.3 Å². The van der Waals surface area contributed by atoms with E-state index in [4.69, 9.17) is 23.8 Å². The molecule has 4 saturated heterocycles. The van der Waals surface area contributed by atoms with Crippen LogP contribution < -0.4 is 5.32 Å². The molecule has 5 aliphatic rings. The van der Waals surface area contributed by atoms with Crippen LogP contribution in [0, 0.1) is 5.41 Å². The number of benzene rings is 1. The Morgan fingerprint density at radius 3 is 2.38 bits per heavy atom. The first kappa shape index (κ1) is 46.6. The Balaban J connectivity index is 1.33. The number of carbonyl (C=O) groups excluding carboxylic acids is 5. The van der Waals surface area contributed by atoms with Gasteiger partial charge in [0.2, 0.25) is 17.7 Å². The number of esters is 2. The van der Waals surface area contributed by atoms with Gasteiger partial charge in [0.25, 0.3) is 0 Å². The number of fused-ring (bicyclic) bond motifs is 4. The first-order valence-electron chi connectivity index (χ1n) is 22.5. The van der Waals surface area contributed by atoms with Crippen LogP contribution in [-0.2, 0) is 54.3 Å². The molecule has 8 atom stereocenters. The largest absolute Gasteiger partial charge is 0.460 e. The van der Waals surface area contributed by atoms with Crippen molar-refractivity contribution in [2.75, 3.05) is 27.2 Å². The lowest BCUT2D eigenvalue weighted by atomic mass is 9.62. The van der Waals surface area contributed by atoms with Crippen LogP contribution in [0.1, 0.15) is 129 Å². The van der Waals surface area contributed by atoms with Crippen molar-refractivity contribution in [1.82, 2.24) is 20.2 Å². The Morgan fingerprint density at radius 1 is 1.03 bits per heavy atom. The molecule has 0 spiro atoms. The number of hydrogen-bond acceptors (Lipinski definition) is 12. The third kappa shape index (κ3) is 10.2. The van der Waals surface area contributed by atoms with Gasteiger partial charge in [-0.3, -0.25) is 28.8 Å². The Labute approximate surface area is 360 Å². The van der Waals surface area contributed by atoms with Gasteiger partial charge in [0.05, 0.1) is 19.2 Å². The molecule has 4 aliphatic heterocycles. The van der Waals surface area contributed by atoms with E-state index in [1.54, 1.807) is 50.9 Å². The summed E-state index contributed by atoms with van der Waals surface area (Å²) in [4.78, 5) is 79.1. The number of ether oxygens (including phenoxy) is 4. The van der Waals surface area contributed by atoms with Crippen LogP contribution in [0.25, 0.3) is 6.08 Å². The Hall–Kier alpha value is -3.89. The summed E-state index contributed by atoms with van der Waals surface area (Å²) in [6, 6.07) is 4.69. The van der Waals surface area contributed by atoms with Crippen molar-refractivity contribution in [3.63, 3.8) is 0 Å². The fraction of sp³-hybridized carbons (Fsp3) is 0.717. The van der Waals surface area contributed by atoms with Crippen molar-refractivity contribution in [1.29, 1.82) is 0 Å². The number of amides is 3. The number of aliphatic hydroxyl groups is 1. The van der Waals surface area contributed by atoms with Crippen molar-refractivity contribution in [3.8, 4) is 0 Å². The van der Waals surface area contributed by atoms with Gasteiger partial charge >= 0.3 is 11.9 Å². The minimum absolute atomic E-state index is 0.00683. The minimum Gasteiger partial charge on any atom is -0.460 e. The third-order valence-electron chi connectivity index (χ3n) is 12.7. The monoisotopic (exact) mass is 852 g/mol. The van der Waals surface area contributed by atoms with E-state index in [0.29, 0.717) is 25.7 Å². The smallest absolute Gasteiger partial charge is 0.327 e. The maximum absolute atomic E-state index is 15.6. The van der Waals surface area contributed by atoms with Gasteiger partial charge in [-0.05, 0) is 70.1 Å². The third-order valence-corrected chi connectivity index (χ3v) is 12.7. The lowest BCUT2D eigenvalue weighted by molar-refractivity contribution is -0.225. The molecule has 1 aromatic carbocycles. The molecule has 5 fully saturated rings. The van der Waals surface area contributed by atoms with Crippen molar-refractivity contribution in [2.45, 2.75) is 179 Å². The number of nitrogens with one attached hydrogen (secondary N) is 1. The average molecular weight is 853 g/mol. The van der Waals surface area contributed by atoms with Gasteiger partial charge in [-0.2, -0.15) is 5.06 Å². The highest BCUT2D eigenvalue weighted by atomic mass is 16.8. The minimum atomic E-state index is -1.49. The van der Waals surface area contributed by atoms with Gasteiger partial charge in [-0.1, -0.05) is 63.8 Å². The first-order chi connectivity index (χ1) is 29.1. The number of likely N-dealkylation sites (N-methyl/N-ethyl adjacent to an activating group) is 1. The molecule has 0 aromatic heterocycles. The SMILES string of the molecule is CCCCCC1(CCCCC)O[C@@H]2[C@H]3ON(Cc4ccccc4C=CC(=O)N(C)C)[C@H]4C(=O)OC(CC34C(=O)N3CCC[C@@H]3C(=O)N[C@H](CO)CCC(=O)OC(C)(C)C)[C@@H]2O1. The van der Waals surface area contributed by atoms with Gasteiger partial charge < -0.3 is 39.2 Å². The summed E-state index contributed by atoms with van der Waals surface area (Å²) in [5.74, 6) is -3.01. The number of unbranched alkanes of at least 4 members (excludes halogenated alkanes) is 4. The molecule has 2 unspecified atom stereocenters. The van der Waals surface area contributed by atoms with Crippen molar-refractivity contribution >= 4 is 35.7 Å². The summed E-state index contributed by atoms with van der Waals surface area (Å²) in [6.45, 7) is 9.57. The molecular formula is C46H68N4O11. The van der Waals surface area contributed by atoms with E-state index in [2.05, 4.69) is 19.2 Å². The molecule has 2 bridgehead atoms. The normalized spacial score (nSPS) is 28.4. The van der Waals surface area contributed by atoms with E-state index in [-0.39, 0.29) is 44.2 Å². The fourth-order valence-corrected chi connectivity index (χ4v) is 9.74. The molecule has 15 heteroatoms. The van der Waals surface area contributed by atoms with Crippen LogP contribution in [0.15, 0.2) is 30.3 Å². The van der Waals surface area contributed by atoms with Gasteiger partial charge in [0.1, 0.15) is 41.5 Å². The van der Waals surface area contributed by atoms with Gasteiger partial charge in [-0.25, -0.2) is 0 Å². The van der Waals surface area contributed by atoms with E-state index in [0.717, 1.165) is 49.7 Å². The fourth-order valence-electron chi connectivity index (χ4n) is 9.74. The maximum atomic E-state index is 15.6. The molecule has 2 N–H and O–H groups in total. The Bertz CT molecular complexity index is 1770. The molecule has 1 aromatic rings. The number of likely N-dealkylation sites (tertiary alicyclic amines) is 1. The molecule has 3 amide bonds. The van der Waals surface area contributed by atoms with Crippen molar-refractivity contribution < 1.29 is 52.9 Å².